The zero-order valence-corrected chi connectivity index (χ0v) is 16.9. The van der Waals surface area contributed by atoms with E-state index in [9.17, 15) is 9.90 Å². The van der Waals surface area contributed by atoms with Crippen LogP contribution in [0.15, 0.2) is 11.1 Å². The van der Waals surface area contributed by atoms with E-state index in [0.29, 0.717) is 15.9 Å². The van der Waals surface area contributed by atoms with Crippen molar-refractivity contribution < 1.29 is 32.9 Å². The first-order valence-electron chi connectivity index (χ1n) is 8.05. The number of ether oxygens (including phenoxy) is 2. The maximum Gasteiger partial charge on any atom is 0.488 e. The van der Waals surface area contributed by atoms with Crippen LogP contribution >= 0.6 is 23.8 Å². The summed E-state index contributed by atoms with van der Waals surface area (Å²) in [6.45, 7) is 0.821. The number of carbonyl (C=O) groups excluding carboxylic acids is 1. The van der Waals surface area contributed by atoms with Crippen LogP contribution in [0.5, 0.6) is 0 Å². The Morgan fingerprint density at radius 1 is 1.57 bits per heavy atom. The summed E-state index contributed by atoms with van der Waals surface area (Å²) in [6, 6.07) is 0. The fraction of sp³-hybridized carbons (Fsp3) is 0.538. The molecule has 2 aromatic rings. The van der Waals surface area contributed by atoms with Gasteiger partial charge in [-0.1, -0.05) is 0 Å². The van der Waals surface area contributed by atoms with Gasteiger partial charge in [0.2, 0.25) is 6.79 Å². The van der Waals surface area contributed by atoms with Crippen LogP contribution in [0.3, 0.4) is 0 Å². The maximum absolute atomic E-state index is 10.9. The molecule has 0 bridgehead atoms. The van der Waals surface area contributed by atoms with Crippen LogP contribution in [0, 0.1) is 0 Å². The molecule has 4 heterocycles. The lowest BCUT2D eigenvalue weighted by Crippen LogP contribution is -2.41. The molecule has 2 aromatic heterocycles. The second kappa shape index (κ2) is 7.45. The Morgan fingerprint density at radius 3 is 3.11 bits per heavy atom. The normalized spacial score (nSPS) is 32.4. The van der Waals surface area contributed by atoms with E-state index in [0.717, 1.165) is 0 Å². The van der Waals surface area contributed by atoms with Crippen LogP contribution in [0.2, 0.25) is 0 Å². The molecule has 3 N–H and O–H groups in total. The molecule has 2 radical (unpaired) electrons. The minimum Gasteiger partial charge on any atom is -0.434 e. The van der Waals surface area contributed by atoms with Crippen molar-refractivity contribution in [3.8, 4) is 0 Å². The number of hydrogen-bond donors (Lipinski definition) is 2. The van der Waals surface area contributed by atoms with Gasteiger partial charge in [0.05, 0.1) is 0 Å². The van der Waals surface area contributed by atoms with Crippen molar-refractivity contribution >= 4 is 54.3 Å². The van der Waals surface area contributed by atoms with Crippen LogP contribution in [-0.2, 0) is 27.8 Å². The Balaban J connectivity index is 1.56. The van der Waals surface area contributed by atoms with Gasteiger partial charge in [0, 0.05) is 6.92 Å². The highest BCUT2D eigenvalue weighted by Gasteiger charge is 2.58. The number of hydrogen-bond acceptors (Lipinski definition) is 11. The Bertz CT molecular complexity index is 921. The average Bonchev–Trinajstić information content (AvgIpc) is 3.12. The number of aromatic nitrogens is 4. The topological polar surface area (TPSA) is 153 Å². The number of rotatable bonds is 4. The van der Waals surface area contributed by atoms with Crippen molar-refractivity contribution in [1.82, 2.24) is 19.5 Å². The van der Waals surface area contributed by atoms with E-state index in [1.807, 2.05) is 0 Å². The zero-order valence-electron chi connectivity index (χ0n) is 14.5. The largest absolute Gasteiger partial charge is 0.488 e. The number of carbonyl (C=O) groups is 1. The average molecular weight is 475 g/mol. The predicted molar refractivity (Wildman–Crippen MR) is 98.6 cm³/mol. The van der Waals surface area contributed by atoms with Gasteiger partial charge in [-0.3, -0.25) is 9.36 Å². The fourth-order valence-electron chi connectivity index (χ4n) is 2.95. The minimum atomic E-state index is -3.30. The highest BCUT2D eigenvalue weighted by molar-refractivity contribution is 9.10. The Morgan fingerprint density at radius 2 is 2.36 bits per heavy atom. The molecule has 12 nitrogen and oxygen atoms in total. The lowest BCUT2D eigenvalue weighted by Gasteiger charge is -2.30. The van der Waals surface area contributed by atoms with Crippen molar-refractivity contribution in [2.75, 3.05) is 19.1 Å². The number of halogens is 1. The van der Waals surface area contributed by atoms with Gasteiger partial charge in [-0.25, -0.2) is 15.0 Å². The Hall–Kier alpha value is -1.41. The first kappa shape index (κ1) is 19.9. The SMILES string of the molecule is [B][P+]1(OCOC(C)=O)OC[C@H]2O[C@@H](n3c(Br)nc4c(N)ncnc43)[C@@H](O)[C@H]2O1. The number of nitrogens with zero attached hydrogens (tertiary/aromatic N) is 4. The summed E-state index contributed by atoms with van der Waals surface area (Å²) in [6.07, 6.45) is -2.20. The quantitative estimate of drug-likeness (QED) is 0.206. The van der Waals surface area contributed by atoms with Gasteiger partial charge in [-0.2, -0.15) is 13.6 Å². The summed E-state index contributed by atoms with van der Waals surface area (Å²) in [5.74, 6) is -0.344. The van der Waals surface area contributed by atoms with Crippen molar-refractivity contribution in [3.63, 3.8) is 0 Å². The Kier molecular flexibility index (Phi) is 5.29. The van der Waals surface area contributed by atoms with Crippen LogP contribution < -0.4 is 5.73 Å². The van der Waals surface area contributed by atoms with E-state index in [-0.39, 0.29) is 12.4 Å². The third-order valence-corrected chi connectivity index (χ3v) is 6.28. The van der Waals surface area contributed by atoms with Crippen molar-refractivity contribution in [3.05, 3.63) is 11.1 Å². The summed E-state index contributed by atoms with van der Waals surface area (Å²) >= 11 is 3.33. The maximum atomic E-state index is 10.9. The molecule has 28 heavy (non-hydrogen) atoms. The number of imidazole rings is 1. The molecule has 1 unspecified atom stereocenters. The molecular formula is C13H15BBrN5O7P+. The molecule has 2 saturated heterocycles. The molecule has 2 aliphatic rings. The number of fused-ring (bicyclic) bond motifs is 2. The number of aliphatic hydroxyl groups excluding tert-OH is 1. The van der Waals surface area contributed by atoms with Crippen LogP contribution in [0.25, 0.3) is 11.2 Å². The smallest absolute Gasteiger partial charge is 0.434 e. The van der Waals surface area contributed by atoms with E-state index in [2.05, 4.69) is 30.9 Å². The first-order valence-corrected chi connectivity index (χ1v) is 10.5. The molecule has 2 aliphatic heterocycles. The van der Waals surface area contributed by atoms with Crippen molar-refractivity contribution in [1.29, 1.82) is 0 Å². The third kappa shape index (κ3) is 3.49. The van der Waals surface area contributed by atoms with Crippen LogP contribution in [0.4, 0.5) is 5.82 Å². The van der Waals surface area contributed by atoms with Gasteiger partial charge >= 0.3 is 21.4 Å². The molecule has 0 saturated carbocycles. The summed E-state index contributed by atoms with van der Waals surface area (Å²) in [5.41, 5.74) is 6.57. The van der Waals surface area contributed by atoms with Gasteiger partial charge < -0.3 is 20.3 Å². The molecule has 148 valence electrons. The monoisotopic (exact) mass is 474 g/mol. The molecule has 5 atom stereocenters. The van der Waals surface area contributed by atoms with Crippen molar-refractivity contribution in [2.24, 2.45) is 0 Å². The van der Waals surface area contributed by atoms with E-state index in [1.54, 1.807) is 0 Å². The minimum absolute atomic E-state index is 0.0178. The number of aliphatic hydroxyl groups is 1. The van der Waals surface area contributed by atoms with Crippen LogP contribution in [-0.4, -0.2) is 69.9 Å². The van der Waals surface area contributed by atoms with Gasteiger partial charge in [-0.15, -0.1) is 0 Å². The van der Waals surface area contributed by atoms with Crippen LogP contribution in [0.1, 0.15) is 13.2 Å². The van der Waals surface area contributed by atoms with Gasteiger partial charge in [-0.05, 0) is 15.9 Å². The second-order valence-electron chi connectivity index (χ2n) is 6.03. The standard InChI is InChI=1S/C13H15BBrN5O7P/c1-5(21)23-4-25-28(14)24-2-6-9(27-28)8(22)12(26-6)20-11-7(19-13(20)15)10(16)17-3-18-11/h3,6,8-9,12,22H,2,4H2,1H3,(H2,16,17,18)/q+1/t6-,8+,9+,12-,28?/m1/s1. The predicted octanol–water partition coefficient (Wildman–Crippen LogP) is 0.228. The van der Waals surface area contributed by atoms with Gasteiger partial charge in [0.1, 0.15) is 25.1 Å². The van der Waals surface area contributed by atoms with Gasteiger partial charge in [0.15, 0.2) is 34.0 Å². The molecule has 0 spiro atoms. The molecule has 15 heteroatoms. The Labute approximate surface area is 168 Å². The second-order valence-corrected chi connectivity index (χ2v) is 8.54. The van der Waals surface area contributed by atoms with Gasteiger partial charge in [0.25, 0.3) is 0 Å². The number of nitrogen functional groups attached to an aromatic ring is 1. The molecule has 0 aromatic carbocycles. The first-order chi connectivity index (χ1) is 13.3. The fourth-order valence-corrected chi connectivity index (χ4v) is 4.85. The summed E-state index contributed by atoms with van der Waals surface area (Å²) < 4.78 is 28.8. The lowest BCUT2D eigenvalue weighted by atomic mass is 10.1. The number of nitrogens with two attached hydrogens (primary N) is 1. The third-order valence-electron chi connectivity index (χ3n) is 4.21. The number of esters is 1. The van der Waals surface area contributed by atoms with E-state index >= 15 is 0 Å². The molecule has 4 rings (SSSR count). The highest BCUT2D eigenvalue weighted by Crippen LogP contribution is 2.63. The summed E-state index contributed by atoms with van der Waals surface area (Å²) in [4.78, 5) is 23.2. The van der Waals surface area contributed by atoms with E-state index in [4.69, 9.17) is 36.3 Å². The van der Waals surface area contributed by atoms with E-state index in [1.165, 1.54) is 17.8 Å². The summed E-state index contributed by atoms with van der Waals surface area (Å²) in [7, 11) is 2.69. The van der Waals surface area contributed by atoms with Crippen molar-refractivity contribution in [2.45, 2.75) is 31.5 Å². The molecule has 2 fully saturated rings. The molecule has 0 amide bonds. The zero-order chi connectivity index (χ0) is 20.1. The summed E-state index contributed by atoms with van der Waals surface area (Å²) in [5, 5.41) is 10.8. The lowest BCUT2D eigenvalue weighted by molar-refractivity contribution is -0.149. The molecular weight excluding hydrogens is 460 g/mol. The highest BCUT2D eigenvalue weighted by atomic mass is 79.9. The molecule has 0 aliphatic carbocycles. The van der Waals surface area contributed by atoms with E-state index < -0.39 is 45.1 Å². The number of anilines is 1.